The van der Waals surface area contributed by atoms with Crippen molar-refractivity contribution in [1.29, 1.82) is 0 Å². The van der Waals surface area contributed by atoms with Gasteiger partial charge in [-0.3, -0.25) is 10.1 Å². The summed E-state index contributed by atoms with van der Waals surface area (Å²) in [6, 6.07) is 13.0. The lowest BCUT2D eigenvalue weighted by Gasteiger charge is -2.11. The fourth-order valence-corrected chi connectivity index (χ4v) is 3.30. The molecular weight excluding hydrogens is 372 g/mol. The summed E-state index contributed by atoms with van der Waals surface area (Å²) in [7, 11) is 0. The van der Waals surface area contributed by atoms with Crippen molar-refractivity contribution in [3.05, 3.63) is 75.1 Å². The zero-order chi connectivity index (χ0) is 18.7. The van der Waals surface area contributed by atoms with Gasteiger partial charge in [-0.05, 0) is 43.7 Å². The monoisotopic (exact) mass is 386 g/mol. The summed E-state index contributed by atoms with van der Waals surface area (Å²) < 4.78 is 0. The molecule has 1 N–H and O–H groups in total. The maximum absolute atomic E-state index is 11.7. The second kappa shape index (κ2) is 7.72. The van der Waals surface area contributed by atoms with Crippen molar-refractivity contribution >= 4 is 40.6 Å². The molecule has 132 valence electrons. The highest BCUT2D eigenvalue weighted by Gasteiger charge is 2.24. The van der Waals surface area contributed by atoms with Gasteiger partial charge in [-0.2, -0.15) is 0 Å². The predicted molar refractivity (Wildman–Crippen MR) is 103 cm³/mol. The lowest BCUT2D eigenvalue weighted by molar-refractivity contribution is -0.387. The summed E-state index contributed by atoms with van der Waals surface area (Å²) in [5.74, 6) is 0.130. The maximum atomic E-state index is 11.7. The number of aryl methyl sites for hydroxylation is 2. The fraction of sp³-hybridized carbons (Fsp3) is 0.111. The third-order valence-electron chi connectivity index (χ3n) is 3.66. The molecule has 26 heavy (non-hydrogen) atoms. The molecule has 3 rings (SSSR count). The highest BCUT2D eigenvalue weighted by molar-refractivity contribution is 7.99. The quantitative estimate of drug-likeness (QED) is 0.351. The van der Waals surface area contributed by atoms with Crippen molar-refractivity contribution in [2.75, 3.05) is 5.32 Å². The predicted octanol–water partition coefficient (Wildman–Crippen LogP) is 5.55. The van der Waals surface area contributed by atoms with Crippen LogP contribution in [-0.4, -0.2) is 14.9 Å². The third kappa shape index (κ3) is 4.12. The number of anilines is 2. The van der Waals surface area contributed by atoms with Gasteiger partial charge in [-0.1, -0.05) is 47.1 Å². The molecular formula is C18H15ClN4O2S. The Balaban J connectivity index is 1.99. The normalized spacial score (nSPS) is 10.6. The van der Waals surface area contributed by atoms with Gasteiger partial charge in [-0.15, -0.1) is 0 Å². The van der Waals surface area contributed by atoms with Gasteiger partial charge in [0, 0.05) is 15.6 Å². The van der Waals surface area contributed by atoms with E-state index in [2.05, 4.69) is 15.3 Å². The summed E-state index contributed by atoms with van der Waals surface area (Å²) >= 11 is 7.25. The molecule has 6 nitrogen and oxygen atoms in total. The van der Waals surface area contributed by atoms with Gasteiger partial charge < -0.3 is 5.32 Å². The van der Waals surface area contributed by atoms with Gasteiger partial charge in [0.25, 0.3) is 0 Å². The Kier molecular flexibility index (Phi) is 5.39. The second-order valence-electron chi connectivity index (χ2n) is 5.63. The topological polar surface area (TPSA) is 81.0 Å². The Morgan fingerprint density at radius 2 is 1.85 bits per heavy atom. The SMILES string of the molecule is Cc1ccc(Sc2ncnc(Nc3cc(Cl)ccc3C)c2[N+](=O)[O-])cc1. The van der Waals surface area contributed by atoms with E-state index in [4.69, 9.17) is 11.6 Å². The fourth-order valence-electron chi connectivity index (χ4n) is 2.27. The Hall–Kier alpha value is -2.64. The van der Waals surface area contributed by atoms with E-state index in [-0.39, 0.29) is 16.5 Å². The third-order valence-corrected chi connectivity index (χ3v) is 4.89. The minimum atomic E-state index is -0.473. The number of benzene rings is 2. The number of nitro groups is 1. The van der Waals surface area contributed by atoms with Crippen LogP contribution in [0.1, 0.15) is 11.1 Å². The average molecular weight is 387 g/mol. The standard InChI is InChI=1S/C18H15ClN4O2S/c1-11-3-7-14(8-4-11)26-18-16(23(24)25)17(20-10-21-18)22-15-9-13(19)6-5-12(15)2/h3-10H,1-2H3,(H,20,21,22). The molecule has 1 aromatic heterocycles. The van der Waals surface area contributed by atoms with Crippen LogP contribution in [0.25, 0.3) is 0 Å². The van der Waals surface area contributed by atoms with Crippen molar-refractivity contribution in [3.8, 4) is 0 Å². The van der Waals surface area contributed by atoms with Crippen molar-refractivity contribution in [2.24, 2.45) is 0 Å². The van der Waals surface area contributed by atoms with E-state index in [1.54, 1.807) is 12.1 Å². The molecule has 2 aromatic carbocycles. The molecule has 0 bridgehead atoms. The van der Waals surface area contributed by atoms with Gasteiger partial charge in [0.2, 0.25) is 5.82 Å². The van der Waals surface area contributed by atoms with Crippen LogP contribution in [0.2, 0.25) is 5.02 Å². The van der Waals surface area contributed by atoms with Crippen LogP contribution >= 0.6 is 23.4 Å². The summed E-state index contributed by atoms with van der Waals surface area (Å²) in [6.45, 7) is 3.87. The first-order chi connectivity index (χ1) is 12.4. The first-order valence-corrected chi connectivity index (χ1v) is 8.90. The number of halogens is 1. The van der Waals surface area contributed by atoms with E-state index < -0.39 is 4.92 Å². The smallest absolute Gasteiger partial charge is 0.334 e. The van der Waals surface area contributed by atoms with E-state index in [0.717, 1.165) is 16.0 Å². The lowest BCUT2D eigenvalue weighted by Crippen LogP contribution is -2.03. The van der Waals surface area contributed by atoms with E-state index in [9.17, 15) is 10.1 Å². The molecule has 0 amide bonds. The minimum Gasteiger partial charge on any atom is -0.334 e. The Morgan fingerprint density at radius 3 is 2.54 bits per heavy atom. The molecule has 0 saturated carbocycles. The van der Waals surface area contributed by atoms with E-state index in [1.807, 2.05) is 44.2 Å². The number of nitrogens with zero attached hydrogens (tertiary/aromatic N) is 3. The van der Waals surface area contributed by atoms with Crippen molar-refractivity contribution in [1.82, 2.24) is 9.97 Å². The van der Waals surface area contributed by atoms with Crippen LogP contribution in [-0.2, 0) is 0 Å². The molecule has 0 radical (unpaired) electrons. The first kappa shape index (κ1) is 18.2. The highest BCUT2D eigenvalue weighted by atomic mass is 35.5. The molecule has 0 unspecified atom stereocenters. The van der Waals surface area contributed by atoms with E-state index in [0.29, 0.717) is 10.7 Å². The maximum Gasteiger partial charge on any atom is 0.343 e. The number of rotatable bonds is 5. The molecule has 3 aromatic rings. The van der Waals surface area contributed by atoms with Gasteiger partial charge in [0.1, 0.15) is 6.33 Å². The van der Waals surface area contributed by atoms with Crippen LogP contribution in [0.15, 0.2) is 58.7 Å². The van der Waals surface area contributed by atoms with Crippen LogP contribution < -0.4 is 5.32 Å². The summed E-state index contributed by atoms with van der Waals surface area (Å²) in [6.07, 6.45) is 1.31. The van der Waals surface area contributed by atoms with Crippen LogP contribution in [0.5, 0.6) is 0 Å². The molecule has 0 atom stereocenters. The van der Waals surface area contributed by atoms with Gasteiger partial charge in [0.15, 0.2) is 5.03 Å². The van der Waals surface area contributed by atoms with Crippen molar-refractivity contribution < 1.29 is 4.92 Å². The molecule has 1 heterocycles. The lowest BCUT2D eigenvalue weighted by atomic mass is 10.2. The summed E-state index contributed by atoms with van der Waals surface area (Å²) in [4.78, 5) is 20.2. The minimum absolute atomic E-state index is 0.130. The molecule has 0 aliphatic heterocycles. The van der Waals surface area contributed by atoms with Crippen LogP contribution in [0, 0.1) is 24.0 Å². The number of hydrogen-bond acceptors (Lipinski definition) is 6. The zero-order valence-electron chi connectivity index (χ0n) is 14.1. The number of nitrogens with one attached hydrogen (secondary N) is 1. The Morgan fingerprint density at radius 1 is 1.12 bits per heavy atom. The molecule has 0 aliphatic carbocycles. The number of aromatic nitrogens is 2. The molecule has 0 spiro atoms. The van der Waals surface area contributed by atoms with E-state index >= 15 is 0 Å². The number of hydrogen-bond donors (Lipinski definition) is 1. The summed E-state index contributed by atoms with van der Waals surface area (Å²) in [5, 5.41) is 15.5. The van der Waals surface area contributed by atoms with Gasteiger partial charge in [-0.25, -0.2) is 9.97 Å². The van der Waals surface area contributed by atoms with Crippen molar-refractivity contribution in [3.63, 3.8) is 0 Å². The first-order valence-electron chi connectivity index (χ1n) is 7.71. The molecule has 8 heteroatoms. The summed E-state index contributed by atoms with van der Waals surface area (Å²) in [5.41, 5.74) is 2.50. The van der Waals surface area contributed by atoms with Gasteiger partial charge in [0.05, 0.1) is 4.92 Å². The van der Waals surface area contributed by atoms with Gasteiger partial charge >= 0.3 is 5.69 Å². The largest absolute Gasteiger partial charge is 0.343 e. The van der Waals surface area contributed by atoms with Crippen LogP contribution in [0.3, 0.4) is 0 Å². The Labute approximate surface area is 159 Å². The molecule has 0 saturated heterocycles. The van der Waals surface area contributed by atoms with E-state index in [1.165, 1.54) is 18.1 Å². The van der Waals surface area contributed by atoms with Crippen molar-refractivity contribution in [2.45, 2.75) is 23.8 Å². The van der Waals surface area contributed by atoms with Crippen LogP contribution in [0.4, 0.5) is 17.2 Å². The molecule has 0 aliphatic rings. The molecule has 0 fully saturated rings. The Bertz CT molecular complexity index is 964. The second-order valence-corrected chi connectivity index (χ2v) is 7.13. The highest BCUT2D eigenvalue weighted by Crippen LogP contribution is 2.38. The zero-order valence-corrected chi connectivity index (χ0v) is 15.6. The average Bonchev–Trinajstić information content (AvgIpc) is 2.60.